The van der Waals surface area contributed by atoms with Crippen molar-refractivity contribution in [2.24, 2.45) is 0 Å². The zero-order valence-corrected chi connectivity index (χ0v) is 10.3. The van der Waals surface area contributed by atoms with Crippen LogP contribution in [0.15, 0.2) is 48.5 Å². The molecule has 5 nitrogen and oxygen atoms in total. The first-order chi connectivity index (χ1) is 9.65. The van der Waals surface area contributed by atoms with E-state index in [0.717, 1.165) is 0 Å². The summed E-state index contributed by atoms with van der Waals surface area (Å²) in [4.78, 5) is 34.8. The number of imide groups is 1. The van der Waals surface area contributed by atoms with Crippen molar-refractivity contribution in [3.05, 3.63) is 65.2 Å². The number of carbonyl (C=O) groups is 3. The standard InChI is InChI=1S/C15H9NO4/c17-13-11-7-6-10(8-12(11)14(18)16-13)20-15(19)9-4-2-1-3-5-9/h1-8H,(H,16,17,18). The molecule has 2 amide bonds. The quantitative estimate of drug-likeness (QED) is 0.511. The van der Waals surface area contributed by atoms with E-state index >= 15 is 0 Å². The van der Waals surface area contributed by atoms with Crippen LogP contribution >= 0.6 is 0 Å². The largest absolute Gasteiger partial charge is 0.423 e. The molecular weight excluding hydrogens is 258 g/mol. The van der Waals surface area contributed by atoms with Gasteiger partial charge in [-0.25, -0.2) is 4.79 Å². The highest BCUT2D eigenvalue weighted by atomic mass is 16.5. The van der Waals surface area contributed by atoms with Gasteiger partial charge >= 0.3 is 5.97 Å². The summed E-state index contributed by atoms with van der Waals surface area (Å²) in [5.74, 6) is -1.22. The number of amides is 2. The highest BCUT2D eigenvalue weighted by Gasteiger charge is 2.27. The molecule has 0 bridgehead atoms. The van der Waals surface area contributed by atoms with Gasteiger partial charge in [-0.05, 0) is 30.3 Å². The molecule has 2 aromatic carbocycles. The van der Waals surface area contributed by atoms with E-state index in [1.165, 1.54) is 18.2 Å². The summed E-state index contributed by atoms with van der Waals surface area (Å²) in [5, 5.41) is 2.18. The second-order valence-corrected chi connectivity index (χ2v) is 4.25. The van der Waals surface area contributed by atoms with Gasteiger partial charge in [0, 0.05) is 0 Å². The molecular formula is C15H9NO4. The number of hydrogen-bond donors (Lipinski definition) is 1. The van der Waals surface area contributed by atoms with Crippen molar-refractivity contribution >= 4 is 17.8 Å². The maximum atomic E-state index is 11.9. The van der Waals surface area contributed by atoms with E-state index in [2.05, 4.69) is 5.32 Å². The Morgan fingerprint density at radius 3 is 2.35 bits per heavy atom. The lowest BCUT2D eigenvalue weighted by Gasteiger charge is -2.05. The van der Waals surface area contributed by atoms with Crippen LogP contribution in [0.1, 0.15) is 31.1 Å². The van der Waals surface area contributed by atoms with Crippen LogP contribution in [0.2, 0.25) is 0 Å². The third-order valence-electron chi connectivity index (χ3n) is 2.93. The minimum absolute atomic E-state index is 0.216. The summed E-state index contributed by atoms with van der Waals surface area (Å²) in [5.41, 5.74) is 0.913. The minimum Gasteiger partial charge on any atom is -0.423 e. The van der Waals surface area contributed by atoms with Crippen LogP contribution < -0.4 is 10.1 Å². The second kappa shape index (κ2) is 4.62. The molecule has 0 radical (unpaired) electrons. The Hall–Kier alpha value is -2.95. The third-order valence-corrected chi connectivity index (χ3v) is 2.93. The lowest BCUT2D eigenvalue weighted by molar-refractivity contribution is 0.0733. The molecule has 3 rings (SSSR count). The van der Waals surface area contributed by atoms with Crippen LogP contribution in [-0.4, -0.2) is 17.8 Å². The monoisotopic (exact) mass is 267 g/mol. The van der Waals surface area contributed by atoms with Crippen LogP contribution in [0, 0.1) is 0 Å². The molecule has 0 saturated carbocycles. The Morgan fingerprint density at radius 2 is 1.60 bits per heavy atom. The molecule has 1 aliphatic heterocycles. The molecule has 2 aromatic rings. The van der Waals surface area contributed by atoms with Crippen LogP contribution in [0.4, 0.5) is 0 Å². The molecule has 1 heterocycles. The maximum Gasteiger partial charge on any atom is 0.343 e. The van der Waals surface area contributed by atoms with E-state index < -0.39 is 17.8 Å². The zero-order valence-electron chi connectivity index (χ0n) is 10.3. The minimum atomic E-state index is -0.518. The summed E-state index contributed by atoms with van der Waals surface area (Å²) >= 11 is 0. The van der Waals surface area contributed by atoms with E-state index in [0.29, 0.717) is 5.56 Å². The first-order valence-corrected chi connectivity index (χ1v) is 5.92. The van der Waals surface area contributed by atoms with Gasteiger partial charge in [0.05, 0.1) is 16.7 Å². The van der Waals surface area contributed by atoms with Gasteiger partial charge in [-0.3, -0.25) is 14.9 Å². The lowest BCUT2D eigenvalue weighted by atomic mass is 10.1. The number of benzene rings is 2. The number of esters is 1. The van der Waals surface area contributed by atoms with Crippen LogP contribution in [0.25, 0.3) is 0 Å². The SMILES string of the molecule is O=C(Oc1ccc2c(c1)C(=O)NC2=O)c1ccccc1. The van der Waals surface area contributed by atoms with Crippen LogP contribution in [0.3, 0.4) is 0 Å². The van der Waals surface area contributed by atoms with Crippen molar-refractivity contribution in [3.8, 4) is 5.75 Å². The van der Waals surface area contributed by atoms with E-state index in [-0.39, 0.29) is 16.9 Å². The molecule has 0 fully saturated rings. The molecule has 1 N–H and O–H groups in total. The van der Waals surface area contributed by atoms with Crippen molar-refractivity contribution < 1.29 is 19.1 Å². The van der Waals surface area contributed by atoms with Crippen LogP contribution in [-0.2, 0) is 0 Å². The Morgan fingerprint density at radius 1 is 0.900 bits per heavy atom. The first-order valence-electron chi connectivity index (χ1n) is 5.92. The summed E-state index contributed by atoms with van der Waals surface area (Å²) in [6.45, 7) is 0. The van der Waals surface area contributed by atoms with Gasteiger partial charge in [0.25, 0.3) is 11.8 Å². The number of fused-ring (bicyclic) bond motifs is 1. The van der Waals surface area contributed by atoms with Crippen molar-refractivity contribution in [2.75, 3.05) is 0 Å². The van der Waals surface area contributed by atoms with Crippen molar-refractivity contribution in [3.63, 3.8) is 0 Å². The fourth-order valence-electron chi connectivity index (χ4n) is 1.95. The predicted octanol–water partition coefficient (Wildman–Crippen LogP) is 1.79. The van der Waals surface area contributed by atoms with Crippen molar-refractivity contribution in [1.82, 2.24) is 5.32 Å². The number of rotatable bonds is 2. The molecule has 0 atom stereocenters. The molecule has 0 saturated heterocycles. The fraction of sp³-hybridized carbons (Fsp3) is 0. The lowest BCUT2D eigenvalue weighted by Crippen LogP contribution is -2.19. The van der Waals surface area contributed by atoms with Gasteiger partial charge in [0.1, 0.15) is 5.75 Å². The fourth-order valence-corrected chi connectivity index (χ4v) is 1.95. The Bertz CT molecular complexity index is 722. The van der Waals surface area contributed by atoms with E-state index in [1.807, 2.05) is 0 Å². The molecule has 98 valence electrons. The van der Waals surface area contributed by atoms with E-state index in [4.69, 9.17) is 4.74 Å². The molecule has 0 spiro atoms. The summed E-state index contributed by atoms with van der Waals surface area (Å²) < 4.78 is 5.18. The zero-order chi connectivity index (χ0) is 14.1. The van der Waals surface area contributed by atoms with Gasteiger partial charge in [-0.15, -0.1) is 0 Å². The topological polar surface area (TPSA) is 72.5 Å². The average molecular weight is 267 g/mol. The van der Waals surface area contributed by atoms with Crippen molar-refractivity contribution in [1.29, 1.82) is 0 Å². The normalized spacial score (nSPS) is 12.8. The highest BCUT2D eigenvalue weighted by Crippen LogP contribution is 2.22. The number of nitrogens with one attached hydrogen (secondary N) is 1. The number of carbonyl (C=O) groups excluding carboxylic acids is 3. The Kier molecular flexibility index (Phi) is 2.80. The summed E-state index contributed by atoms with van der Waals surface area (Å²) in [6.07, 6.45) is 0. The number of ether oxygens (including phenoxy) is 1. The van der Waals surface area contributed by atoms with E-state index in [1.54, 1.807) is 30.3 Å². The van der Waals surface area contributed by atoms with Gasteiger partial charge < -0.3 is 4.74 Å². The molecule has 0 unspecified atom stereocenters. The summed E-state index contributed by atoms with van der Waals surface area (Å²) in [7, 11) is 0. The van der Waals surface area contributed by atoms with Gasteiger partial charge in [0.2, 0.25) is 0 Å². The van der Waals surface area contributed by atoms with Gasteiger partial charge in [-0.2, -0.15) is 0 Å². The van der Waals surface area contributed by atoms with Crippen molar-refractivity contribution in [2.45, 2.75) is 0 Å². The molecule has 5 heteroatoms. The number of hydrogen-bond acceptors (Lipinski definition) is 4. The van der Waals surface area contributed by atoms with Crippen LogP contribution in [0.5, 0.6) is 5.75 Å². The molecule has 0 aliphatic carbocycles. The molecule has 1 aliphatic rings. The first kappa shape index (κ1) is 12.1. The smallest absolute Gasteiger partial charge is 0.343 e. The van der Waals surface area contributed by atoms with E-state index in [9.17, 15) is 14.4 Å². The third kappa shape index (κ3) is 2.05. The summed E-state index contributed by atoms with van der Waals surface area (Å²) in [6, 6.07) is 12.8. The average Bonchev–Trinajstić information content (AvgIpc) is 2.75. The Balaban J connectivity index is 1.86. The van der Waals surface area contributed by atoms with Gasteiger partial charge in [0.15, 0.2) is 0 Å². The Labute approximate surface area is 114 Å². The molecule has 0 aromatic heterocycles. The second-order valence-electron chi connectivity index (χ2n) is 4.25. The maximum absolute atomic E-state index is 11.9. The highest BCUT2D eigenvalue weighted by molar-refractivity contribution is 6.21. The molecule has 20 heavy (non-hydrogen) atoms. The van der Waals surface area contributed by atoms with Gasteiger partial charge in [-0.1, -0.05) is 18.2 Å². The predicted molar refractivity (Wildman–Crippen MR) is 69.6 cm³/mol.